The summed E-state index contributed by atoms with van der Waals surface area (Å²) in [4.78, 5) is 34.0. The number of halogens is 1. The molecule has 3 heterocycles. The van der Waals surface area contributed by atoms with Gasteiger partial charge in [-0.05, 0) is 63.1 Å². The third-order valence-electron chi connectivity index (χ3n) is 6.02. The maximum atomic E-state index is 13.1. The zero-order valence-electron chi connectivity index (χ0n) is 16.6. The Balaban J connectivity index is 1.47. The summed E-state index contributed by atoms with van der Waals surface area (Å²) in [7, 11) is 0. The minimum Gasteiger partial charge on any atom is -0.330 e. The van der Waals surface area contributed by atoms with Gasteiger partial charge in [-0.2, -0.15) is 0 Å². The van der Waals surface area contributed by atoms with Crippen LogP contribution in [0.2, 0.25) is 5.02 Å². The van der Waals surface area contributed by atoms with Crippen molar-refractivity contribution in [3.63, 3.8) is 0 Å². The number of likely N-dealkylation sites (tertiary alicyclic amines) is 2. The van der Waals surface area contributed by atoms with Crippen molar-refractivity contribution in [1.82, 2.24) is 14.8 Å². The number of carbonyl (C=O) groups is 2. The normalized spacial score (nSPS) is 20.7. The molecule has 152 valence electrons. The molecule has 29 heavy (non-hydrogen) atoms. The number of nitrogens with zero attached hydrogens (tertiary/aromatic N) is 3. The fraction of sp³-hybridized carbons (Fsp3) is 0.409. The van der Waals surface area contributed by atoms with E-state index in [0.717, 1.165) is 5.69 Å². The van der Waals surface area contributed by atoms with Crippen molar-refractivity contribution in [2.75, 3.05) is 18.4 Å². The average Bonchev–Trinajstić information content (AvgIpc) is 2.73. The van der Waals surface area contributed by atoms with Crippen molar-refractivity contribution >= 4 is 29.2 Å². The highest BCUT2D eigenvalue weighted by atomic mass is 35.5. The molecule has 1 N–H and O–H groups in total. The van der Waals surface area contributed by atoms with Gasteiger partial charge in [0.25, 0.3) is 0 Å². The third kappa shape index (κ3) is 3.46. The van der Waals surface area contributed by atoms with E-state index in [-0.39, 0.29) is 24.0 Å². The predicted molar refractivity (Wildman–Crippen MR) is 113 cm³/mol. The number of amides is 3. The number of hydrogen-bond acceptors (Lipinski definition) is 3. The van der Waals surface area contributed by atoms with Gasteiger partial charge in [0.1, 0.15) is 0 Å². The fourth-order valence-electron chi connectivity index (χ4n) is 4.52. The molecule has 1 spiro atoms. The van der Waals surface area contributed by atoms with Crippen LogP contribution >= 0.6 is 11.6 Å². The molecule has 1 atom stereocenters. The average molecular weight is 413 g/mol. The second-order valence-electron chi connectivity index (χ2n) is 8.04. The summed E-state index contributed by atoms with van der Waals surface area (Å²) < 4.78 is 0. The van der Waals surface area contributed by atoms with Gasteiger partial charge in [-0.1, -0.05) is 17.7 Å². The smallest absolute Gasteiger partial charge is 0.321 e. The maximum Gasteiger partial charge on any atom is 0.321 e. The van der Waals surface area contributed by atoms with Crippen molar-refractivity contribution in [2.24, 2.45) is 5.41 Å². The van der Waals surface area contributed by atoms with Crippen molar-refractivity contribution < 1.29 is 9.59 Å². The first-order valence-corrected chi connectivity index (χ1v) is 10.4. The van der Waals surface area contributed by atoms with Crippen LogP contribution in [0.15, 0.2) is 48.7 Å². The van der Waals surface area contributed by atoms with Crippen LogP contribution in [0.4, 0.5) is 10.5 Å². The molecule has 2 aromatic rings. The Kier molecular flexibility index (Phi) is 5.21. The quantitative estimate of drug-likeness (QED) is 0.762. The molecule has 0 aliphatic carbocycles. The third-order valence-corrected chi connectivity index (χ3v) is 6.28. The number of hydrogen-bond donors (Lipinski definition) is 1. The Labute approximate surface area is 175 Å². The molecule has 7 heteroatoms. The van der Waals surface area contributed by atoms with Gasteiger partial charge in [-0.25, -0.2) is 4.79 Å². The highest BCUT2D eigenvalue weighted by molar-refractivity contribution is 6.30. The molecule has 1 unspecified atom stereocenters. The number of benzene rings is 1. The first-order chi connectivity index (χ1) is 13.9. The van der Waals surface area contributed by atoms with Crippen LogP contribution in [-0.2, 0) is 4.79 Å². The number of nitrogens with one attached hydrogen (secondary N) is 1. The van der Waals surface area contributed by atoms with E-state index in [1.807, 2.05) is 36.9 Å². The number of β-lactam (4-membered cyclic amide) rings is 1. The SMILES string of the molecule is CC(C)N1C(=O)C2(CCN(C(=O)Nc3ccc(Cl)cc3)CC2)C1c1ccccn1. The van der Waals surface area contributed by atoms with Gasteiger partial charge in [-0.3, -0.25) is 9.78 Å². The van der Waals surface area contributed by atoms with Crippen molar-refractivity contribution in [3.8, 4) is 0 Å². The Bertz CT molecular complexity index is 893. The van der Waals surface area contributed by atoms with Crippen LogP contribution in [0.25, 0.3) is 0 Å². The van der Waals surface area contributed by atoms with Crippen molar-refractivity contribution in [3.05, 3.63) is 59.4 Å². The summed E-state index contributed by atoms with van der Waals surface area (Å²) in [5.41, 5.74) is 1.17. The summed E-state index contributed by atoms with van der Waals surface area (Å²) in [5.74, 6) is 0.181. The molecule has 1 aromatic heterocycles. The Hall–Kier alpha value is -2.60. The zero-order valence-corrected chi connectivity index (χ0v) is 17.4. The highest BCUT2D eigenvalue weighted by Crippen LogP contribution is 2.56. The van der Waals surface area contributed by atoms with Gasteiger partial charge in [0.2, 0.25) is 5.91 Å². The molecule has 1 aromatic carbocycles. The van der Waals surface area contributed by atoms with E-state index in [1.165, 1.54) is 0 Å². The van der Waals surface area contributed by atoms with Gasteiger partial charge in [0, 0.05) is 36.0 Å². The lowest BCUT2D eigenvalue weighted by atomic mass is 9.62. The Morgan fingerprint density at radius 2 is 1.86 bits per heavy atom. The van der Waals surface area contributed by atoms with Crippen LogP contribution in [0.1, 0.15) is 38.4 Å². The van der Waals surface area contributed by atoms with E-state index in [9.17, 15) is 9.59 Å². The number of aromatic nitrogens is 1. The standard InChI is InChI=1S/C22H25ClN4O2/c1-15(2)27-19(18-5-3-4-12-24-18)22(20(27)28)10-13-26(14-11-22)21(29)25-17-8-6-16(23)7-9-17/h3-9,12,15,19H,10-11,13-14H2,1-2H3,(H,25,29). The molecule has 2 saturated heterocycles. The number of urea groups is 1. The molecular weight excluding hydrogens is 388 g/mol. The molecule has 0 bridgehead atoms. The van der Waals surface area contributed by atoms with Crippen LogP contribution in [0.5, 0.6) is 0 Å². The Morgan fingerprint density at radius 3 is 2.45 bits per heavy atom. The molecular formula is C22H25ClN4O2. The summed E-state index contributed by atoms with van der Waals surface area (Å²) in [6, 6.07) is 12.8. The zero-order chi connectivity index (χ0) is 20.6. The van der Waals surface area contributed by atoms with Gasteiger partial charge < -0.3 is 15.1 Å². The predicted octanol–water partition coefficient (Wildman–Crippen LogP) is 4.34. The van der Waals surface area contributed by atoms with E-state index in [0.29, 0.717) is 36.6 Å². The number of piperidine rings is 1. The molecule has 2 fully saturated rings. The van der Waals surface area contributed by atoms with Crippen LogP contribution in [0, 0.1) is 5.41 Å². The van der Waals surface area contributed by atoms with E-state index >= 15 is 0 Å². The molecule has 0 radical (unpaired) electrons. The first-order valence-electron chi connectivity index (χ1n) is 9.97. The van der Waals surface area contributed by atoms with E-state index in [1.54, 1.807) is 35.4 Å². The summed E-state index contributed by atoms with van der Waals surface area (Å²) in [6.07, 6.45) is 3.06. The molecule has 3 amide bonds. The van der Waals surface area contributed by atoms with E-state index < -0.39 is 5.41 Å². The molecule has 0 saturated carbocycles. The minimum absolute atomic E-state index is 0.0299. The number of pyridine rings is 1. The fourth-order valence-corrected chi connectivity index (χ4v) is 4.65. The van der Waals surface area contributed by atoms with Crippen LogP contribution in [0.3, 0.4) is 0 Å². The molecule has 4 rings (SSSR count). The Morgan fingerprint density at radius 1 is 1.17 bits per heavy atom. The largest absolute Gasteiger partial charge is 0.330 e. The monoisotopic (exact) mass is 412 g/mol. The van der Waals surface area contributed by atoms with Gasteiger partial charge >= 0.3 is 6.03 Å². The number of anilines is 1. The first kappa shape index (κ1) is 19.7. The highest BCUT2D eigenvalue weighted by Gasteiger charge is 2.62. The second kappa shape index (κ2) is 7.67. The van der Waals surface area contributed by atoms with Crippen LogP contribution in [-0.4, -0.2) is 45.9 Å². The maximum absolute atomic E-state index is 13.1. The number of rotatable bonds is 3. The van der Waals surface area contributed by atoms with Gasteiger partial charge in [0.05, 0.1) is 17.2 Å². The van der Waals surface area contributed by atoms with E-state index in [2.05, 4.69) is 10.3 Å². The van der Waals surface area contributed by atoms with Crippen molar-refractivity contribution in [2.45, 2.75) is 38.8 Å². The lowest BCUT2D eigenvalue weighted by molar-refractivity contribution is -0.184. The summed E-state index contributed by atoms with van der Waals surface area (Å²) >= 11 is 5.90. The summed E-state index contributed by atoms with van der Waals surface area (Å²) in [6.45, 7) is 5.16. The molecule has 6 nitrogen and oxygen atoms in total. The second-order valence-corrected chi connectivity index (χ2v) is 8.48. The topological polar surface area (TPSA) is 65.5 Å². The number of carbonyl (C=O) groups excluding carboxylic acids is 2. The van der Waals surface area contributed by atoms with Crippen LogP contribution < -0.4 is 5.32 Å². The molecule has 2 aliphatic rings. The lowest BCUT2D eigenvalue weighted by Crippen LogP contribution is -2.68. The van der Waals surface area contributed by atoms with Gasteiger partial charge in [0.15, 0.2) is 0 Å². The van der Waals surface area contributed by atoms with Gasteiger partial charge in [-0.15, -0.1) is 0 Å². The summed E-state index contributed by atoms with van der Waals surface area (Å²) in [5, 5.41) is 3.53. The minimum atomic E-state index is -0.463. The van der Waals surface area contributed by atoms with E-state index in [4.69, 9.17) is 11.6 Å². The van der Waals surface area contributed by atoms with Crippen molar-refractivity contribution in [1.29, 1.82) is 0 Å². The lowest BCUT2D eigenvalue weighted by Gasteiger charge is -2.60. The molecule has 2 aliphatic heterocycles.